The van der Waals surface area contributed by atoms with Gasteiger partial charge in [-0.1, -0.05) is 36.4 Å². The number of benzene rings is 3. The highest BCUT2D eigenvalue weighted by atomic mass is 19.1. The normalized spacial score (nSPS) is 11.5. The molecule has 2 amide bonds. The molecule has 148 valence electrons. The molecular formula is C24H23FN2O2. The van der Waals surface area contributed by atoms with Gasteiger partial charge in [-0.05, 0) is 67.8 Å². The molecule has 1 atom stereocenters. The van der Waals surface area contributed by atoms with Crippen molar-refractivity contribution >= 4 is 17.5 Å². The summed E-state index contributed by atoms with van der Waals surface area (Å²) in [4.78, 5) is 24.8. The summed E-state index contributed by atoms with van der Waals surface area (Å²) in [5.74, 6) is -0.955. The summed E-state index contributed by atoms with van der Waals surface area (Å²) in [6, 6.07) is 22.2. The first-order valence-corrected chi connectivity index (χ1v) is 9.53. The van der Waals surface area contributed by atoms with Crippen LogP contribution in [0.25, 0.3) is 0 Å². The Bertz CT molecular complexity index is 972. The molecule has 0 aliphatic carbocycles. The van der Waals surface area contributed by atoms with E-state index in [-0.39, 0.29) is 17.9 Å². The zero-order valence-electron chi connectivity index (χ0n) is 16.2. The molecule has 0 fully saturated rings. The number of hydrogen-bond acceptors (Lipinski definition) is 2. The molecule has 0 bridgehead atoms. The Kier molecular flexibility index (Phi) is 6.74. The Labute approximate surface area is 169 Å². The Balaban J connectivity index is 1.57. The van der Waals surface area contributed by atoms with Crippen LogP contribution in [0.2, 0.25) is 0 Å². The fourth-order valence-electron chi connectivity index (χ4n) is 2.95. The maximum atomic E-state index is 13.0. The van der Waals surface area contributed by atoms with Crippen molar-refractivity contribution < 1.29 is 14.0 Å². The molecular weight excluding hydrogens is 367 g/mol. The van der Waals surface area contributed by atoms with Crippen LogP contribution in [0, 0.1) is 5.82 Å². The van der Waals surface area contributed by atoms with Crippen molar-refractivity contribution in [2.45, 2.75) is 25.8 Å². The number of nitrogens with one attached hydrogen (secondary N) is 2. The second-order valence-corrected chi connectivity index (χ2v) is 6.94. The summed E-state index contributed by atoms with van der Waals surface area (Å²) in [5, 5.41) is 5.72. The average Bonchev–Trinajstić information content (AvgIpc) is 2.73. The van der Waals surface area contributed by atoms with Gasteiger partial charge in [-0.25, -0.2) is 4.39 Å². The van der Waals surface area contributed by atoms with Gasteiger partial charge in [0.05, 0.1) is 0 Å². The summed E-state index contributed by atoms with van der Waals surface area (Å²) < 4.78 is 13.0. The third kappa shape index (κ3) is 6.01. The predicted octanol–water partition coefficient (Wildman–Crippen LogP) is 4.83. The van der Waals surface area contributed by atoms with E-state index in [1.54, 1.807) is 24.3 Å². The van der Waals surface area contributed by atoms with Gasteiger partial charge in [-0.15, -0.1) is 0 Å². The van der Waals surface area contributed by atoms with Crippen LogP contribution in [-0.2, 0) is 6.42 Å². The minimum absolute atomic E-state index is 0.0140. The van der Waals surface area contributed by atoms with Crippen LogP contribution in [0.1, 0.15) is 39.6 Å². The first-order valence-electron chi connectivity index (χ1n) is 9.53. The molecule has 3 aromatic rings. The molecule has 0 saturated heterocycles. The number of anilines is 1. The van der Waals surface area contributed by atoms with Crippen molar-refractivity contribution in [2.24, 2.45) is 0 Å². The van der Waals surface area contributed by atoms with E-state index < -0.39 is 5.82 Å². The first-order chi connectivity index (χ1) is 14.0. The highest BCUT2D eigenvalue weighted by molar-refractivity contribution is 6.05. The molecule has 3 aromatic carbocycles. The van der Waals surface area contributed by atoms with Gasteiger partial charge in [-0.3, -0.25) is 9.59 Å². The van der Waals surface area contributed by atoms with Gasteiger partial charge in [0.25, 0.3) is 11.8 Å². The maximum absolute atomic E-state index is 13.0. The first kappa shape index (κ1) is 20.3. The van der Waals surface area contributed by atoms with Gasteiger partial charge in [0.2, 0.25) is 0 Å². The van der Waals surface area contributed by atoms with Crippen LogP contribution in [0.5, 0.6) is 0 Å². The lowest BCUT2D eigenvalue weighted by Gasteiger charge is -2.14. The molecule has 1 unspecified atom stereocenters. The Hall–Kier alpha value is -3.47. The van der Waals surface area contributed by atoms with Crippen molar-refractivity contribution in [2.75, 3.05) is 5.32 Å². The Morgan fingerprint density at radius 3 is 2.31 bits per heavy atom. The monoisotopic (exact) mass is 390 g/mol. The molecule has 0 aliphatic rings. The van der Waals surface area contributed by atoms with Crippen molar-refractivity contribution in [1.82, 2.24) is 5.32 Å². The average molecular weight is 390 g/mol. The molecule has 0 saturated carbocycles. The fraction of sp³-hybridized carbons (Fsp3) is 0.167. The van der Waals surface area contributed by atoms with E-state index in [1.807, 2.05) is 25.1 Å². The van der Waals surface area contributed by atoms with Crippen LogP contribution in [0.15, 0.2) is 78.9 Å². The van der Waals surface area contributed by atoms with E-state index in [2.05, 4.69) is 22.8 Å². The van der Waals surface area contributed by atoms with E-state index in [9.17, 15) is 14.0 Å². The van der Waals surface area contributed by atoms with Gasteiger partial charge in [0, 0.05) is 22.9 Å². The summed E-state index contributed by atoms with van der Waals surface area (Å²) >= 11 is 0. The number of aryl methyl sites for hydroxylation is 1. The molecule has 0 aromatic heterocycles. The Morgan fingerprint density at radius 1 is 0.862 bits per heavy atom. The van der Waals surface area contributed by atoms with Crippen LogP contribution < -0.4 is 10.6 Å². The lowest BCUT2D eigenvalue weighted by atomic mass is 10.1. The number of rotatable bonds is 7. The van der Waals surface area contributed by atoms with E-state index >= 15 is 0 Å². The number of carbonyl (C=O) groups excluding carboxylic acids is 2. The van der Waals surface area contributed by atoms with E-state index in [1.165, 1.54) is 29.8 Å². The van der Waals surface area contributed by atoms with Gasteiger partial charge < -0.3 is 10.6 Å². The molecule has 3 rings (SSSR count). The van der Waals surface area contributed by atoms with Crippen molar-refractivity contribution in [3.05, 3.63) is 101 Å². The highest BCUT2D eigenvalue weighted by Crippen LogP contribution is 2.14. The summed E-state index contributed by atoms with van der Waals surface area (Å²) in [5.41, 5.74) is 2.55. The molecule has 2 N–H and O–H groups in total. The van der Waals surface area contributed by atoms with Crippen molar-refractivity contribution in [3.8, 4) is 0 Å². The molecule has 5 heteroatoms. The van der Waals surface area contributed by atoms with Gasteiger partial charge in [0.1, 0.15) is 5.82 Å². The topological polar surface area (TPSA) is 58.2 Å². The molecule has 29 heavy (non-hydrogen) atoms. The number of halogens is 1. The van der Waals surface area contributed by atoms with E-state index in [4.69, 9.17) is 0 Å². The quantitative estimate of drug-likeness (QED) is 0.607. The van der Waals surface area contributed by atoms with Gasteiger partial charge >= 0.3 is 0 Å². The van der Waals surface area contributed by atoms with E-state index in [0.29, 0.717) is 16.8 Å². The number of amides is 2. The minimum Gasteiger partial charge on any atom is -0.350 e. The largest absolute Gasteiger partial charge is 0.350 e. The zero-order chi connectivity index (χ0) is 20.6. The highest BCUT2D eigenvalue weighted by Gasteiger charge is 2.12. The molecule has 4 nitrogen and oxygen atoms in total. The standard InChI is InChI=1S/C24H23FN2O2/c1-17(10-11-18-6-3-2-4-7-18)26-24(29)20-8-5-9-22(16-20)27-23(28)19-12-14-21(25)15-13-19/h2-9,12-17H,10-11H2,1H3,(H,26,29)(H,27,28). The lowest BCUT2D eigenvalue weighted by Crippen LogP contribution is -2.32. The minimum atomic E-state index is -0.401. The van der Waals surface area contributed by atoms with Crippen LogP contribution in [0.4, 0.5) is 10.1 Å². The van der Waals surface area contributed by atoms with E-state index in [0.717, 1.165) is 12.8 Å². The molecule has 0 spiro atoms. The predicted molar refractivity (Wildman–Crippen MR) is 112 cm³/mol. The second-order valence-electron chi connectivity index (χ2n) is 6.94. The molecule has 0 aliphatic heterocycles. The van der Waals surface area contributed by atoms with Crippen LogP contribution in [-0.4, -0.2) is 17.9 Å². The van der Waals surface area contributed by atoms with Gasteiger partial charge in [-0.2, -0.15) is 0 Å². The van der Waals surface area contributed by atoms with Crippen molar-refractivity contribution in [3.63, 3.8) is 0 Å². The van der Waals surface area contributed by atoms with Gasteiger partial charge in [0.15, 0.2) is 0 Å². The molecule has 0 heterocycles. The summed E-state index contributed by atoms with van der Waals surface area (Å²) in [6.45, 7) is 1.97. The fourth-order valence-corrected chi connectivity index (χ4v) is 2.95. The zero-order valence-corrected chi connectivity index (χ0v) is 16.2. The SMILES string of the molecule is CC(CCc1ccccc1)NC(=O)c1cccc(NC(=O)c2ccc(F)cc2)c1. The third-order valence-corrected chi connectivity index (χ3v) is 4.58. The summed E-state index contributed by atoms with van der Waals surface area (Å²) in [6.07, 6.45) is 1.72. The molecule has 0 radical (unpaired) electrons. The number of hydrogen-bond donors (Lipinski definition) is 2. The number of carbonyl (C=O) groups is 2. The van der Waals surface area contributed by atoms with Crippen molar-refractivity contribution in [1.29, 1.82) is 0 Å². The Morgan fingerprint density at radius 2 is 1.59 bits per heavy atom. The van der Waals surface area contributed by atoms with Crippen LogP contribution in [0.3, 0.4) is 0 Å². The maximum Gasteiger partial charge on any atom is 0.255 e. The third-order valence-electron chi connectivity index (χ3n) is 4.58. The smallest absolute Gasteiger partial charge is 0.255 e. The van der Waals surface area contributed by atoms with Crippen LogP contribution >= 0.6 is 0 Å². The summed E-state index contributed by atoms with van der Waals surface area (Å²) in [7, 11) is 0. The lowest BCUT2D eigenvalue weighted by molar-refractivity contribution is 0.0937. The second kappa shape index (κ2) is 9.64.